The third-order valence-electron chi connectivity index (χ3n) is 12.2. The molecule has 11 aromatic rings. The van der Waals surface area contributed by atoms with Gasteiger partial charge in [0.15, 0.2) is 0 Å². The molecule has 10 aromatic carbocycles. The zero-order valence-electron chi connectivity index (χ0n) is 33.2. The van der Waals surface area contributed by atoms with Crippen LogP contribution in [0.5, 0.6) is 0 Å². The zero-order chi connectivity index (χ0) is 40.3. The van der Waals surface area contributed by atoms with Crippen molar-refractivity contribution in [2.24, 2.45) is 4.99 Å². The van der Waals surface area contributed by atoms with Crippen LogP contribution in [-0.4, -0.2) is 5.71 Å². The molecule has 286 valence electrons. The Morgan fingerprint density at radius 3 is 1.64 bits per heavy atom. The lowest BCUT2D eigenvalue weighted by Crippen LogP contribution is -2.24. The molecule has 12 rings (SSSR count). The molecule has 1 aliphatic rings. The molecule has 1 atom stereocenters. The fourth-order valence-corrected chi connectivity index (χ4v) is 9.19. The van der Waals surface area contributed by atoms with Crippen LogP contribution in [0.15, 0.2) is 228 Å². The molecule has 1 unspecified atom stereocenters. The van der Waals surface area contributed by atoms with Gasteiger partial charge < -0.3 is 9.73 Å². The largest absolute Gasteiger partial charge is 0.455 e. The Kier molecular flexibility index (Phi) is 8.24. The van der Waals surface area contributed by atoms with E-state index >= 15 is 0 Å². The summed E-state index contributed by atoms with van der Waals surface area (Å²) >= 11 is 0. The van der Waals surface area contributed by atoms with Gasteiger partial charge in [-0.2, -0.15) is 0 Å². The molecule has 1 aliphatic heterocycles. The Morgan fingerprint density at radius 2 is 0.951 bits per heavy atom. The molecule has 0 saturated carbocycles. The topological polar surface area (TPSA) is 37.5 Å². The van der Waals surface area contributed by atoms with Gasteiger partial charge in [-0.05, 0) is 119 Å². The third kappa shape index (κ3) is 6.18. The summed E-state index contributed by atoms with van der Waals surface area (Å²) in [6.07, 6.45) is 2.00. The Balaban J connectivity index is 0.880. The monoisotopic (exact) mass is 778 g/mol. The number of rotatable bonds is 6. The van der Waals surface area contributed by atoms with Gasteiger partial charge in [-0.15, -0.1) is 0 Å². The summed E-state index contributed by atoms with van der Waals surface area (Å²) in [4.78, 5) is 5.11. The van der Waals surface area contributed by atoms with Gasteiger partial charge >= 0.3 is 0 Å². The van der Waals surface area contributed by atoms with Crippen LogP contribution in [0.2, 0.25) is 0 Å². The number of furan rings is 1. The minimum absolute atomic E-state index is 0.174. The van der Waals surface area contributed by atoms with Crippen LogP contribution < -0.4 is 5.32 Å². The zero-order valence-corrected chi connectivity index (χ0v) is 33.2. The van der Waals surface area contributed by atoms with E-state index in [2.05, 4.69) is 212 Å². The van der Waals surface area contributed by atoms with Crippen molar-refractivity contribution in [2.75, 3.05) is 0 Å². The first-order valence-electron chi connectivity index (χ1n) is 20.9. The van der Waals surface area contributed by atoms with E-state index in [4.69, 9.17) is 9.41 Å². The predicted octanol–water partition coefficient (Wildman–Crippen LogP) is 15.2. The lowest BCUT2D eigenvalue weighted by molar-refractivity contribution is 0.664. The maximum absolute atomic E-state index is 6.67. The third-order valence-corrected chi connectivity index (χ3v) is 12.2. The molecular formula is C58H38N2O. The number of aliphatic imine (C=N–C) groups is 1. The smallest absolute Gasteiger partial charge is 0.145 e. The van der Waals surface area contributed by atoms with Crippen molar-refractivity contribution in [3.8, 4) is 33.4 Å². The Morgan fingerprint density at radius 1 is 0.393 bits per heavy atom. The van der Waals surface area contributed by atoms with E-state index in [0.717, 1.165) is 55.4 Å². The van der Waals surface area contributed by atoms with Crippen molar-refractivity contribution in [1.82, 2.24) is 5.32 Å². The highest BCUT2D eigenvalue weighted by Crippen LogP contribution is 2.43. The number of nitrogens with zero attached hydrogens (tertiary/aromatic N) is 1. The van der Waals surface area contributed by atoms with Crippen LogP contribution in [0.3, 0.4) is 0 Å². The summed E-state index contributed by atoms with van der Waals surface area (Å²) in [5, 5.41) is 13.1. The summed E-state index contributed by atoms with van der Waals surface area (Å²) in [5.41, 5.74) is 14.4. The van der Waals surface area contributed by atoms with E-state index in [9.17, 15) is 0 Å². The first-order valence-corrected chi connectivity index (χ1v) is 20.9. The average molecular weight is 779 g/mol. The minimum Gasteiger partial charge on any atom is -0.455 e. The van der Waals surface area contributed by atoms with E-state index < -0.39 is 0 Å². The second-order valence-electron chi connectivity index (χ2n) is 15.9. The Labute approximate surface area is 353 Å². The average Bonchev–Trinajstić information content (AvgIpc) is 3.73. The molecule has 1 N–H and O–H groups in total. The minimum atomic E-state index is -0.174. The highest BCUT2D eigenvalue weighted by atomic mass is 16.3. The molecule has 61 heavy (non-hydrogen) atoms. The second kappa shape index (κ2) is 14.4. The van der Waals surface area contributed by atoms with E-state index in [-0.39, 0.29) is 6.17 Å². The highest BCUT2D eigenvalue weighted by molar-refractivity contribution is 6.22. The lowest BCUT2D eigenvalue weighted by atomic mass is 9.92. The van der Waals surface area contributed by atoms with Crippen molar-refractivity contribution in [2.45, 2.75) is 6.17 Å². The van der Waals surface area contributed by atoms with Gasteiger partial charge in [0.2, 0.25) is 0 Å². The van der Waals surface area contributed by atoms with Crippen LogP contribution in [0.25, 0.3) is 93.3 Å². The fraction of sp³-hybridized carbons (Fsp3) is 0.0172. The fourth-order valence-electron chi connectivity index (χ4n) is 9.19. The first-order chi connectivity index (χ1) is 30.2. The quantitative estimate of drug-likeness (QED) is 0.183. The Bertz CT molecular complexity index is 3550. The maximum atomic E-state index is 6.67. The number of fused-ring (bicyclic) bond motifs is 7. The van der Waals surface area contributed by atoms with Crippen LogP contribution in [0, 0.1) is 0 Å². The number of benzene rings is 10. The number of nitrogens with one attached hydrogen (secondary N) is 1. The molecule has 2 heterocycles. The standard InChI is InChI=1S/C58H38N2O/c1-4-13-37(14-5-1)51-35-52-56-48(21-12-22-55(56)61-57(52)50-20-11-10-19-49(50)51)46-29-27-42-31-40(23-25-44(42)33-46)41-24-26-45-34-47(30-28-43(45)32-41)54-36-53(38-15-6-2-7-16-38)59-58(60-54)39-17-8-3-9-18-39/h1-36,58,60H. The normalized spacial score (nSPS) is 14.1. The second-order valence-corrected chi connectivity index (χ2v) is 15.9. The predicted molar refractivity (Wildman–Crippen MR) is 256 cm³/mol. The van der Waals surface area contributed by atoms with Crippen LogP contribution >= 0.6 is 0 Å². The number of allylic oxidation sites excluding steroid dienone is 1. The molecule has 0 fully saturated rings. The summed E-state index contributed by atoms with van der Waals surface area (Å²) in [6, 6.07) is 76.0. The summed E-state index contributed by atoms with van der Waals surface area (Å²) in [7, 11) is 0. The van der Waals surface area contributed by atoms with Crippen molar-refractivity contribution >= 4 is 65.7 Å². The SMILES string of the molecule is C1=C(c2ccc3cc(-c4ccc5cc(-c6cccc7oc8c9ccccc9c(-c9ccccc9)cc8c67)ccc5c4)ccc3c2)NC(c2ccccc2)N=C1c1ccccc1. The van der Waals surface area contributed by atoms with Crippen LogP contribution in [-0.2, 0) is 0 Å². The van der Waals surface area contributed by atoms with Crippen LogP contribution in [0.1, 0.15) is 22.9 Å². The molecule has 1 aromatic heterocycles. The number of hydrogen-bond donors (Lipinski definition) is 1. The van der Waals surface area contributed by atoms with Crippen molar-refractivity contribution in [3.63, 3.8) is 0 Å². The van der Waals surface area contributed by atoms with Gasteiger partial charge in [-0.1, -0.05) is 176 Å². The lowest BCUT2D eigenvalue weighted by Gasteiger charge is -2.25. The summed E-state index contributed by atoms with van der Waals surface area (Å²) in [6.45, 7) is 0. The molecule has 0 saturated heterocycles. The van der Waals surface area contributed by atoms with Gasteiger partial charge in [-0.25, -0.2) is 0 Å². The molecule has 3 nitrogen and oxygen atoms in total. The Hall–Kier alpha value is -8.01. The first kappa shape index (κ1) is 35.0. The van der Waals surface area contributed by atoms with Gasteiger partial charge in [0.1, 0.15) is 17.3 Å². The molecule has 0 bridgehead atoms. The molecule has 0 radical (unpaired) electrons. The highest BCUT2D eigenvalue weighted by Gasteiger charge is 2.21. The van der Waals surface area contributed by atoms with Crippen molar-refractivity contribution in [1.29, 1.82) is 0 Å². The molecule has 3 heteroatoms. The van der Waals surface area contributed by atoms with Crippen molar-refractivity contribution < 1.29 is 4.42 Å². The van der Waals surface area contributed by atoms with Gasteiger partial charge in [0.25, 0.3) is 0 Å². The van der Waals surface area contributed by atoms with E-state index in [0.29, 0.717) is 0 Å². The van der Waals surface area contributed by atoms with Crippen LogP contribution in [0.4, 0.5) is 0 Å². The molecule has 0 aliphatic carbocycles. The molecule has 0 amide bonds. The van der Waals surface area contributed by atoms with Gasteiger partial charge in [0.05, 0.1) is 5.71 Å². The van der Waals surface area contributed by atoms with Gasteiger partial charge in [-0.3, -0.25) is 4.99 Å². The summed E-state index contributed by atoms with van der Waals surface area (Å²) < 4.78 is 6.67. The van der Waals surface area contributed by atoms with Gasteiger partial charge in [0, 0.05) is 21.9 Å². The van der Waals surface area contributed by atoms with E-state index in [1.54, 1.807) is 0 Å². The summed E-state index contributed by atoms with van der Waals surface area (Å²) in [5.74, 6) is 0. The van der Waals surface area contributed by atoms with E-state index in [1.807, 2.05) is 12.1 Å². The molecular weight excluding hydrogens is 741 g/mol. The maximum Gasteiger partial charge on any atom is 0.145 e. The van der Waals surface area contributed by atoms with E-state index in [1.165, 1.54) is 60.3 Å². The molecule has 0 spiro atoms. The number of hydrogen-bond acceptors (Lipinski definition) is 3. The van der Waals surface area contributed by atoms with Crippen molar-refractivity contribution in [3.05, 3.63) is 235 Å².